The first-order chi connectivity index (χ1) is 7.25. The van der Waals surface area contributed by atoms with Crippen molar-refractivity contribution >= 4 is 13.6 Å². The molecule has 0 heterocycles. The summed E-state index contributed by atoms with van der Waals surface area (Å²) in [4.78, 5) is 29.7. The van der Waals surface area contributed by atoms with E-state index in [1.54, 1.807) is 6.92 Å². The van der Waals surface area contributed by atoms with Crippen molar-refractivity contribution in [1.82, 2.24) is 0 Å². The van der Waals surface area contributed by atoms with Crippen LogP contribution in [0.3, 0.4) is 0 Å². The molecule has 0 aromatic rings. The maximum absolute atomic E-state index is 11.6. The van der Waals surface area contributed by atoms with Crippen molar-refractivity contribution in [2.45, 2.75) is 51.6 Å². The zero-order chi connectivity index (χ0) is 13.0. The van der Waals surface area contributed by atoms with E-state index in [2.05, 4.69) is 0 Å². The van der Waals surface area contributed by atoms with Gasteiger partial charge in [0, 0.05) is 0 Å². The largest absolute Gasteiger partial charge is 0.481 e. The van der Waals surface area contributed by atoms with Gasteiger partial charge >= 0.3 is 13.6 Å². The van der Waals surface area contributed by atoms with E-state index >= 15 is 0 Å². The van der Waals surface area contributed by atoms with Crippen LogP contribution in [0.1, 0.15) is 46.5 Å². The SMILES string of the molecule is CCC(CC)C(CC)(CC(=O)O)P(=O)(O)O. The van der Waals surface area contributed by atoms with Gasteiger partial charge in [-0.05, 0) is 12.3 Å². The molecular weight excluding hydrogens is 231 g/mol. The summed E-state index contributed by atoms with van der Waals surface area (Å²) in [5.41, 5.74) is 0. The van der Waals surface area contributed by atoms with Gasteiger partial charge in [0.05, 0.1) is 11.6 Å². The number of carbonyl (C=O) groups is 1. The molecule has 0 bridgehead atoms. The second-order valence-electron chi connectivity index (χ2n) is 4.09. The van der Waals surface area contributed by atoms with Gasteiger partial charge in [-0.25, -0.2) is 0 Å². The summed E-state index contributed by atoms with van der Waals surface area (Å²) in [6, 6.07) is 0. The third-order valence-corrected chi connectivity index (χ3v) is 5.39. The van der Waals surface area contributed by atoms with Crippen LogP contribution in [0, 0.1) is 5.92 Å². The lowest BCUT2D eigenvalue weighted by Gasteiger charge is -2.38. The number of hydrogen-bond acceptors (Lipinski definition) is 2. The van der Waals surface area contributed by atoms with Crippen molar-refractivity contribution in [3.63, 3.8) is 0 Å². The summed E-state index contributed by atoms with van der Waals surface area (Å²) in [7, 11) is -4.43. The van der Waals surface area contributed by atoms with Crippen LogP contribution in [-0.4, -0.2) is 26.0 Å². The van der Waals surface area contributed by atoms with Gasteiger partial charge < -0.3 is 14.9 Å². The van der Waals surface area contributed by atoms with Gasteiger partial charge in [0.15, 0.2) is 0 Å². The molecule has 1 unspecified atom stereocenters. The lowest BCUT2D eigenvalue weighted by molar-refractivity contribution is -0.138. The first-order valence-electron chi connectivity index (χ1n) is 5.52. The Morgan fingerprint density at radius 2 is 1.69 bits per heavy atom. The minimum absolute atomic E-state index is 0.177. The fourth-order valence-corrected chi connectivity index (χ4v) is 4.01. The quantitative estimate of drug-likeness (QED) is 0.604. The predicted molar refractivity (Wildman–Crippen MR) is 61.4 cm³/mol. The van der Waals surface area contributed by atoms with Crippen molar-refractivity contribution < 1.29 is 24.3 Å². The van der Waals surface area contributed by atoms with Crippen LogP contribution < -0.4 is 0 Å². The molecule has 0 radical (unpaired) electrons. The summed E-state index contributed by atoms with van der Waals surface area (Å²) in [5.74, 6) is -1.42. The van der Waals surface area contributed by atoms with Crippen LogP contribution in [0.2, 0.25) is 0 Å². The molecule has 0 spiro atoms. The fraction of sp³-hybridized carbons (Fsp3) is 0.900. The average Bonchev–Trinajstić information content (AvgIpc) is 2.15. The van der Waals surface area contributed by atoms with Gasteiger partial charge in [0.25, 0.3) is 0 Å². The summed E-state index contributed by atoms with van der Waals surface area (Å²) >= 11 is 0. The Kier molecular flexibility index (Phi) is 5.66. The van der Waals surface area contributed by atoms with Crippen molar-refractivity contribution in [3.8, 4) is 0 Å². The average molecular weight is 252 g/mol. The summed E-state index contributed by atoms with van der Waals surface area (Å²) in [6.07, 6.45) is 0.849. The maximum Gasteiger partial charge on any atom is 0.332 e. The molecular formula is C10H21O5P. The van der Waals surface area contributed by atoms with E-state index in [0.29, 0.717) is 12.8 Å². The van der Waals surface area contributed by atoms with E-state index < -0.39 is 25.1 Å². The van der Waals surface area contributed by atoms with Crippen molar-refractivity contribution in [3.05, 3.63) is 0 Å². The number of aliphatic carboxylic acids is 1. The molecule has 1 atom stereocenters. The Hall–Kier alpha value is -0.380. The molecule has 0 saturated heterocycles. The molecule has 5 nitrogen and oxygen atoms in total. The van der Waals surface area contributed by atoms with E-state index in [9.17, 15) is 19.1 Å². The third kappa shape index (κ3) is 3.06. The first kappa shape index (κ1) is 15.6. The van der Waals surface area contributed by atoms with Gasteiger partial charge in [-0.2, -0.15) is 0 Å². The smallest absolute Gasteiger partial charge is 0.332 e. The second kappa shape index (κ2) is 5.80. The number of rotatable bonds is 7. The molecule has 6 heteroatoms. The lowest BCUT2D eigenvalue weighted by atomic mass is 9.82. The molecule has 0 aromatic carbocycles. The molecule has 0 rings (SSSR count). The molecule has 3 N–H and O–H groups in total. The highest BCUT2D eigenvalue weighted by atomic mass is 31.2. The zero-order valence-electron chi connectivity index (χ0n) is 10.0. The Bertz CT molecular complexity index is 281. The minimum Gasteiger partial charge on any atom is -0.481 e. The summed E-state index contributed by atoms with van der Waals surface area (Å²) in [5, 5.41) is 7.43. The lowest BCUT2D eigenvalue weighted by Crippen LogP contribution is -2.39. The Morgan fingerprint density at radius 1 is 1.25 bits per heavy atom. The molecule has 0 aliphatic rings. The standard InChI is InChI=1S/C10H21O5P/c1-4-8(5-2)10(6-3,7-9(11)12)16(13,14)15/h8H,4-7H2,1-3H3,(H,11,12)(H2,13,14,15). The van der Waals surface area contributed by atoms with Crippen molar-refractivity contribution in [2.75, 3.05) is 0 Å². The van der Waals surface area contributed by atoms with Crippen molar-refractivity contribution in [2.24, 2.45) is 5.92 Å². The Labute approximate surface area is 96.0 Å². The zero-order valence-corrected chi connectivity index (χ0v) is 10.9. The number of carboxylic acid groups (broad SMARTS) is 1. The number of carboxylic acids is 1. The Morgan fingerprint density at radius 3 is 1.88 bits per heavy atom. The predicted octanol–water partition coefficient (Wildman–Crippen LogP) is 2.22. The van der Waals surface area contributed by atoms with E-state index in [4.69, 9.17) is 5.11 Å². The molecule has 0 aliphatic carbocycles. The van der Waals surface area contributed by atoms with Crippen LogP contribution in [0.4, 0.5) is 0 Å². The highest BCUT2D eigenvalue weighted by Crippen LogP contribution is 2.59. The van der Waals surface area contributed by atoms with Gasteiger partial charge in [0.2, 0.25) is 0 Å². The second-order valence-corrected chi connectivity index (χ2v) is 6.06. The normalized spacial score (nSPS) is 16.1. The molecule has 96 valence electrons. The van der Waals surface area contributed by atoms with E-state index in [1.807, 2.05) is 13.8 Å². The highest BCUT2D eigenvalue weighted by Gasteiger charge is 2.51. The molecule has 0 aromatic heterocycles. The van der Waals surface area contributed by atoms with Gasteiger partial charge in [-0.1, -0.05) is 33.6 Å². The van der Waals surface area contributed by atoms with E-state index in [0.717, 1.165) is 0 Å². The first-order valence-corrected chi connectivity index (χ1v) is 7.13. The molecule has 0 amide bonds. The molecule has 0 saturated carbocycles. The van der Waals surface area contributed by atoms with Crippen LogP contribution >= 0.6 is 7.60 Å². The molecule has 0 fully saturated rings. The third-order valence-electron chi connectivity index (χ3n) is 3.40. The topological polar surface area (TPSA) is 94.8 Å². The minimum atomic E-state index is -4.43. The highest BCUT2D eigenvalue weighted by molar-refractivity contribution is 7.53. The molecule has 0 aliphatic heterocycles. The van der Waals surface area contributed by atoms with E-state index in [-0.39, 0.29) is 12.3 Å². The van der Waals surface area contributed by atoms with Crippen LogP contribution in [0.25, 0.3) is 0 Å². The maximum atomic E-state index is 11.6. The number of hydrogen-bond donors (Lipinski definition) is 3. The van der Waals surface area contributed by atoms with Gasteiger partial charge in [-0.15, -0.1) is 0 Å². The Balaban J connectivity index is 5.44. The van der Waals surface area contributed by atoms with Crippen LogP contribution in [0.5, 0.6) is 0 Å². The van der Waals surface area contributed by atoms with Crippen LogP contribution in [0.15, 0.2) is 0 Å². The monoisotopic (exact) mass is 252 g/mol. The van der Waals surface area contributed by atoms with Crippen molar-refractivity contribution in [1.29, 1.82) is 0 Å². The summed E-state index contributed by atoms with van der Waals surface area (Å²) in [6.45, 7) is 5.30. The van der Waals surface area contributed by atoms with Gasteiger partial charge in [-0.3, -0.25) is 9.36 Å². The summed E-state index contributed by atoms with van der Waals surface area (Å²) < 4.78 is 11.6. The van der Waals surface area contributed by atoms with Gasteiger partial charge in [0.1, 0.15) is 0 Å². The molecule has 16 heavy (non-hydrogen) atoms. The fourth-order valence-electron chi connectivity index (χ4n) is 2.42. The van der Waals surface area contributed by atoms with E-state index in [1.165, 1.54) is 0 Å². The van der Waals surface area contributed by atoms with Crippen LogP contribution in [-0.2, 0) is 9.36 Å².